The lowest BCUT2D eigenvalue weighted by molar-refractivity contribution is 0.207. The van der Waals surface area contributed by atoms with E-state index < -0.39 is 0 Å². The van der Waals surface area contributed by atoms with Gasteiger partial charge in [0.2, 0.25) is 0 Å². The SMILES string of the molecule is C[C@@H](c1ccccc1)[C@@H](CO)Cc1ccccc1. The Bertz CT molecular complexity index is 450. The van der Waals surface area contributed by atoms with Crippen molar-refractivity contribution in [1.82, 2.24) is 0 Å². The molecule has 0 aromatic heterocycles. The second-order valence-electron chi connectivity index (χ2n) is 4.83. The molecule has 2 atom stereocenters. The lowest BCUT2D eigenvalue weighted by Gasteiger charge is -2.22. The molecule has 0 amide bonds. The van der Waals surface area contributed by atoms with Gasteiger partial charge in [0, 0.05) is 6.61 Å². The molecule has 1 nitrogen and oxygen atoms in total. The Kier molecular flexibility index (Phi) is 4.54. The van der Waals surface area contributed by atoms with Crippen LogP contribution in [0.5, 0.6) is 0 Å². The van der Waals surface area contributed by atoms with Gasteiger partial charge in [0.15, 0.2) is 0 Å². The Balaban J connectivity index is 2.09. The number of hydrogen-bond acceptors (Lipinski definition) is 1. The van der Waals surface area contributed by atoms with Gasteiger partial charge in [0.1, 0.15) is 0 Å². The van der Waals surface area contributed by atoms with Crippen LogP contribution in [-0.2, 0) is 6.42 Å². The molecule has 0 saturated heterocycles. The van der Waals surface area contributed by atoms with E-state index in [0.29, 0.717) is 5.92 Å². The molecule has 0 radical (unpaired) electrons. The van der Waals surface area contributed by atoms with E-state index in [1.165, 1.54) is 11.1 Å². The van der Waals surface area contributed by atoms with Crippen molar-refractivity contribution in [3.8, 4) is 0 Å². The van der Waals surface area contributed by atoms with Crippen LogP contribution in [0, 0.1) is 5.92 Å². The van der Waals surface area contributed by atoms with Crippen LogP contribution < -0.4 is 0 Å². The zero-order valence-corrected chi connectivity index (χ0v) is 10.8. The maximum Gasteiger partial charge on any atom is 0.0468 e. The maximum absolute atomic E-state index is 9.62. The van der Waals surface area contributed by atoms with Gasteiger partial charge in [-0.2, -0.15) is 0 Å². The molecule has 1 N–H and O–H groups in total. The third-order valence-electron chi connectivity index (χ3n) is 3.61. The Labute approximate surface area is 109 Å². The van der Waals surface area contributed by atoms with Gasteiger partial charge >= 0.3 is 0 Å². The number of aliphatic hydroxyl groups is 1. The van der Waals surface area contributed by atoms with Gasteiger partial charge in [-0.05, 0) is 29.4 Å². The van der Waals surface area contributed by atoms with Gasteiger partial charge in [-0.1, -0.05) is 67.6 Å². The summed E-state index contributed by atoms with van der Waals surface area (Å²) in [5.74, 6) is 0.645. The first-order valence-corrected chi connectivity index (χ1v) is 6.51. The van der Waals surface area contributed by atoms with Gasteiger partial charge in [0.25, 0.3) is 0 Å². The van der Waals surface area contributed by atoms with E-state index in [0.717, 1.165) is 6.42 Å². The van der Waals surface area contributed by atoms with Crippen molar-refractivity contribution in [2.24, 2.45) is 5.92 Å². The Morgan fingerprint density at radius 3 is 2.00 bits per heavy atom. The third kappa shape index (κ3) is 3.21. The van der Waals surface area contributed by atoms with E-state index in [1.807, 2.05) is 12.1 Å². The summed E-state index contributed by atoms with van der Waals surface area (Å²) in [6.45, 7) is 2.42. The molecule has 0 aliphatic carbocycles. The largest absolute Gasteiger partial charge is 0.396 e. The molecule has 0 saturated carbocycles. The van der Waals surface area contributed by atoms with E-state index in [1.54, 1.807) is 0 Å². The summed E-state index contributed by atoms with van der Waals surface area (Å²) < 4.78 is 0. The number of benzene rings is 2. The average molecular weight is 240 g/mol. The molecule has 0 unspecified atom stereocenters. The van der Waals surface area contributed by atoms with Gasteiger partial charge in [0.05, 0.1) is 0 Å². The molecular formula is C17H20O. The van der Waals surface area contributed by atoms with E-state index in [4.69, 9.17) is 0 Å². The van der Waals surface area contributed by atoms with Crippen LogP contribution >= 0.6 is 0 Å². The molecule has 2 aromatic carbocycles. The molecule has 18 heavy (non-hydrogen) atoms. The fourth-order valence-electron chi connectivity index (χ4n) is 2.35. The fraction of sp³-hybridized carbons (Fsp3) is 0.294. The first-order valence-electron chi connectivity index (χ1n) is 6.51. The molecule has 0 aliphatic rings. The van der Waals surface area contributed by atoms with Gasteiger partial charge in [-0.25, -0.2) is 0 Å². The minimum atomic E-state index is 0.227. The second-order valence-corrected chi connectivity index (χ2v) is 4.83. The smallest absolute Gasteiger partial charge is 0.0468 e. The van der Waals surface area contributed by atoms with Gasteiger partial charge in [-0.15, -0.1) is 0 Å². The summed E-state index contributed by atoms with van der Waals surface area (Å²) in [7, 11) is 0. The summed E-state index contributed by atoms with van der Waals surface area (Å²) in [5, 5.41) is 9.62. The van der Waals surface area contributed by atoms with Crippen molar-refractivity contribution in [3.05, 3.63) is 71.8 Å². The first-order chi connectivity index (χ1) is 8.81. The van der Waals surface area contributed by atoms with Gasteiger partial charge in [-0.3, -0.25) is 0 Å². The summed E-state index contributed by atoms with van der Waals surface area (Å²) in [5.41, 5.74) is 2.59. The minimum Gasteiger partial charge on any atom is -0.396 e. The average Bonchev–Trinajstić information content (AvgIpc) is 2.46. The number of rotatable bonds is 5. The Hall–Kier alpha value is -1.60. The third-order valence-corrected chi connectivity index (χ3v) is 3.61. The highest BCUT2D eigenvalue weighted by Crippen LogP contribution is 2.26. The molecule has 0 bridgehead atoms. The molecule has 0 fully saturated rings. The highest BCUT2D eigenvalue weighted by atomic mass is 16.3. The summed E-state index contributed by atoms with van der Waals surface area (Å²) in [6, 6.07) is 20.8. The zero-order valence-electron chi connectivity index (χ0n) is 10.8. The molecule has 2 rings (SSSR count). The quantitative estimate of drug-likeness (QED) is 0.846. The van der Waals surface area contributed by atoms with E-state index in [2.05, 4.69) is 55.5 Å². The van der Waals surface area contributed by atoms with Crippen molar-refractivity contribution in [2.45, 2.75) is 19.3 Å². The lowest BCUT2D eigenvalue weighted by atomic mass is 9.84. The van der Waals surface area contributed by atoms with Crippen LogP contribution in [-0.4, -0.2) is 11.7 Å². The second kappa shape index (κ2) is 6.36. The molecule has 2 aromatic rings. The van der Waals surface area contributed by atoms with Crippen LogP contribution in [0.25, 0.3) is 0 Å². The highest BCUT2D eigenvalue weighted by molar-refractivity contribution is 5.21. The summed E-state index contributed by atoms with van der Waals surface area (Å²) in [6.07, 6.45) is 0.924. The molecule has 94 valence electrons. The van der Waals surface area contributed by atoms with Crippen molar-refractivity contribution < 1.29 is 5.11 Å². The molecular weight excluding hydrogens is 220 g/mol. The van der Waals surface area contributed by atoms with Crippen molar-refractivity contribution >= 4 is 0 Å². The molecule has 1 heteroatoms. The first kappa shape index (κ1) is 12.8. The monoisotopic (exact) mass is 240 g/mol. The highest BCUT2D eigenvalue weighted by Gasteiger charge is 2.18. The number of aliphatic hydroxyl groups excluding tert-OH is 1. The predicted molar refractivity (Wildman–Crippen MR) is 75.6 cm³/mol. The van der Waals surface area contributed by atoms with Crippen LogP contribution in [0.15, 0.2) is 60.7 Å². The predicted octanol–water partition coefficient (Wildman–Crippen LogP) is 3.64. The molecule has 0 aliphatic heterocycles. The van der Waals surface area contributed by atoms with E-state index in [-0.39, 0.29) is 12.5 Å². The minimum absolute atomic E-state index is 0.227. The van der Waals surface area contributed by atoms with Crippen LogP contribution in [0.1, 0.15) is 24.0 Å². The van der Waals surface area contributed by atoms with Crippen molar-refractivity contribution in [1.29, 1.82) is 0 Å². The van der Waals surface area contributed by atoms with Gasteiger partial charge < -0.3 is 5.11 Å². The Morgan fingerprint density at radius 1 is 0.889 bits per heavy atom. The summed E-state index contributed by atoms with van der Waals surface area (Å²) in [4.78, 5) is 0. The van der Waals surface area contributed by atoms with Crippen LogP contribution in [0.4, 0.5) is 0 Å². The summed E-state index contributed by atoms with van der Waals surface area (Å²) >= 11 is 0. The topological polar surface area (TPSA) is 20.2 Å². The molecule has 0 spiro atoms. The standard InChI is InChI=1S/C17H20O/c1-14(16-10-6-3-7-11-16)17(13-18)12-15-8-4-2-5-9-15/h2-11,14,17-18H,12-13H2,1H3/t14-,17+/m0/s1. The maximum atomic E-state index is 9.62. The van der Waals surface area contributed by atoms with Crippen LogP contribution in [0.3, 0.4) is 0 Å². The van der Waals surface area contributed by atoms with Crippen molar-refractivity contribution in [3.63, 3.8) is 0 Å². The van der Waals surface area contributed by atoms with E-state index >= 15 is 0 Å². The Morgan fingerprint density at radius 2 is 1.44 bits per heavy atom. The van der Waals surface area contributed by atoms with Crippen LogP contribution in [0.2, 0.25) is 0 Å². The molecule has 0 heterocycles. The van der Waals surface area contributed by atoms with Crippen molar-refractivity contribution in [2.75, 3.05) is 6.61 Å². The fourth-order valence-corrected chi connectivity index (χ4v) is 2.35. The zero-order chi connectivity index (χ0) is 12.8. The number of hydrogen-bond donors (Lipinski definition) is 1. The van der Waals surface area contributed by atoms with E-state index in [9.17, 15) is 5.11 Å². The normalized spacial score (nSPS) is 14.1. The lowest BCUT2D eigenvalue weighted by Crippen LogP contribution is -2.17.